The minimum absolute atomic E-state index is 0.0625. The number of para-hydroxylation sites is 1. The van der Waals surface area contributed by atoms with Crippen molar-refractivity contribution in [3.63, 3.8) is 0 Å². The van der Waals surface area contributed by atoms with Crippen molar-refractivity contribution < 1.29 is 22.7 Å². The van der Waals surface area contributed by atoms with E-state index in [9.17, 15) is 18.0 Å². The van der Waals surface area contributed by atoms with Crippen LogP contribution in [0.25, 0.3) is 0 Å². The van der Waals surface area contributed by atoms with Crippen LogP contribution in [0, 0.1) is 0 Å². The fourth-order valence-electron chi connectivity index (χ4n) is 4.73. The summed E-state index contributed by atoms with van der Waals surface area (Å²) < 4.78 is 34.4. The summed E-state index contributed by atoms with van der Waals surface area (Å²) in [7, 11) is -2.56. The number of hydrogen-bond acceptors (Lipinski definition) is 5. The first kappa shape index (κ1) is 31.3. The van der Waals surface area contributed by atoms with Gasteiger partial charge in [-0.2, -0.15) is 0 Å². The molecule has 43 heavy (non-hydrogen) atoms. The number of methoxy groups -OCH3 is 1. The molecule has 4 rings (SSSR count). The number of rotatable bonds is 14. The highest BCUT2D eigenvalue weighted by molar-refractivity contribution is 7.92. The van der Waals surface area contributed by atoms with Crippen LogP contribution in [0.3, 0.4) is 0 Å². The Morgan fingerprint density at radius 3 is 2.05 bits per heavy atom. The van der Waals surface area contributed by atoms with Gasteiger partial charge in [-0.25, -0.2) is 8.42 Å². The molecule has 0 aliphatic carbocycles. The Morgan fingerprint density at radius 2 is 1.42 bits per heavy atom. The van der Waals surface area contributed by atoms with E-state index in [0.717, 1.165) is 21.9 Å². The van der Waals surface area contributed by atoms with Crippen molar-refractivity contribution in [2.24, 2.45) is 0 Å². The van der Waals surface area contributed by atoms with E-state index in [1.807, 2.05) is 49.4 Å². The summed E-state index contributed by atoms with van der Waals surface area (Å²) in [6.45, 7) is 1.97. The smallest absolute Gasteiger partial charge is 0.264 e. The SMILES string of the molecule is CCCNC(=O)C(Cc1ccccc1)N(Cc1cccc(OC)c1)C(=O)CN(c1ccccc1)S(=O)(=O)c1ccccc1. The highest BCUT2D eigenvalue weighted by Gasteiger charge is 2.34. The maximum absolute atomic E-state index is 14.4. The Hall–Kier alpha value is -4.63. The minimum atomic E-state index is -4.12. The second kappa shape index (κ2) is 15.0. The van der Waals surface area contributed by atoms with Crippen molar-refractivity contribution in [1.82, 2.24) is 10.2 Å². The first-order chi connectivity index (χ1) is 20.8. The lowest BCUT2D eigenvalue weighted by Gasteiger charge is -2.34. The predicted octanol–water partition coefficient (Wildman–Crippen LogP) is 5.06. The zero-order valence-electron chi connectivity index (χ0n) is 24.4. The van der Waals surface area contributed by atoms with Crippen LogP contribution >= 0.6 is 0 Å². The van der Waals surface area contributed by atoms with Crippen LogP contribution in [0.15, 0.2) is 120 Å². The number of hydrogen-bond donors (Lipinski definition) is 1. The van der Waals surface area contributed by atoms with Crippen molar-refractivity contribution in [2.45, 2.75) is 37.2 Å². The van der Waals surface area contributed by atoms with Crippen LogP contribution in [0.1, 0.15) is 24.5 Å². The molecule has 0 radical (unpaired) electrons. The molecule has 2 amide bonds. The van der Waals surface area contributed by atoms with Crippen LogP contribution < -0.4 is 14.4 Å². The summed E-state index contributed by atoms with van der Waals surface area (Å²) in [6, 6.07) is 32.4. The molecule has 4 aromatic carbocycles. The van der Waals surface area contributed by atoms with Gasteiger partial charge in [-0.05, 0) is 53.9 Å². The Bertz CT molecular complexity index is 1580. The van der Waals surface area contributed by atoms with Crippen LogP contribution in [0.5, 0.6) is 5.75 Å². The topological polar surface area (TPSA) is 96.0 Å². The number of amides is 2. The van der Waals surface area contributed by atoms with Gasteiger partial charge in [0.25, 0.3) is 10.0 Å². The van der Waals surface area contributed by atoms with Gasteiger partial charge in [-0.15, -0.1) is 0 Å². The number of nitrogens with one attached hydrogen (secondary N) is 1. The van der Waals surface area contributed by atoms with Crippen LogP contribution in [-0.2, 0) is 32.6 Å². The number of benzene rings is 4. The van der Waals surface area contributed by atoms with Crippen molar-refractivity contribution in [3.8, 4) is 5.75 Å². The van der Waals surface area contributed by atoms with Gasteiger partial charge in [-0.1, -0.05) is 85.8 Å². The predicted molar refractivity (Wildman–Crippen MR) is 168 cm³/mol. The molecule has 0 saturated carbocycles. The molecule has 0 spiro atoms. The maximum Gasteiger partial charge on any atom is 0.264 e. The van der Waals surface area contributed by atoms with Crippen molar-refractivity contribution in [1.29, 1.82) is 0 Å². The average Bonchev–Trinajstić information content (AvgIpc) is 3.05. The third kappa shape index (κ3) is 8.23. The van der Waals surface area contributed by atoms with Gasteiger partial charge in [0.05, 0.1) is 17.7 Å². The molecule has 8 nitrogen and oxygen atoms in total. The fraction of sp³-hybridized carbons (Fsp3) is 0.235. The Kier molecular flexibility index (Phi) is 10.9. The third-order valence-corrected chi connectivity index (χ3v) is 8.75. The second-order valence-corrected chi connectivity index (χ2v) is 11.9. The number of sulfonamides is 1. The lowest BCUT2D eigenvalue weighted by atomic mass is 10.0. The first-order valence-electron chi connectivity index (χ1n) is 14.2. The van der Waals surface area contributed by atoms with E-state index >= 15 is 0 Å². The van der Waals surface area contributed by atoms with E-state index in [0.29, 0.717) is 18.0 Å². The highest BCUT2D eigenvalue weighted by Crippen LogP contribution is 2.25. The molecule has 0 heterocycles. The van der Waals surface area contributed by atoms with Crippen LogP contribution in [-0.4, -0.2) is 51.4 Å². The van der Waals surface area contributed by atoms with E-state index < -0.39 is 28.5 Å². The van der Waals surface area contributed by atoms with Crippen molar-refractivity contribution >= 4 is 27.5 Å². The summed E-state index contributed by atoms with van der Waals surface area (Å²) in [5, 5.41) is 2.95. The van der Waals surface area contributed by atoms with Gasteiger partial charge in [0.2, 0.25) is 11.8 Å². The number of nitrogens with zero attached hydrogens (tertiary/aromatic N) is 2. The number of anilines is 1. The Morgan fingerprint density at radius 1 is 0.814 bits per heavy atom. The largest absolute Gasteiger partial charge is 0.497 e. The standard InChI is InChI=1S/C34H37N3O5S/c1-3-22-35-34(39)32(24-27-14-7-4-8-15-27)36(25-28-16-13-19-30(23-28)42-2)33(38)26-37(29-17-9-5-10-18-29)43(40,41)31-20-11-6-12-21-31/h4-21,23,32H,3,22,24-26H2,1-2H3,(H,35,39). The zero-order valence-corrected chi connectivity index (χ0v) is 25.2. The summed E-state index contributed by atoms with van der Waals surface area (Å²) in [4.78, 5) is 29.6. The lowest BCUT2D eigenvalue weighted by molar-refractivity contribution is -0.140. The molecule has 0 aromatic heterocycles. The molecule has 224 valence electrons. The van der Waals surface area contributed by atoms with Crippen LogP contribution in [0.4, 0.5) is 5.69 Å². The molecule has 1 N–H and O–H groups in total. The molecule has 4 aromatic rings. The monoisotopic (exact) mass is 599 g/mol. The van der Waals surface area contributed by atoms with Gasteiger partial charge < -0.3 is 15.0 Å². The molecule has 0 fully saturated rings. The Labute approximate surface area is 254 Å². The fourth-order valence-corrected chi connectivity index (χ4v) is 6.17. The van der Waals surface area contributed by atoms with Crippen molar-refractivity contribution in [3.05, 3.63) is 126 Å². The van der Waals surface area contributed by atoms with Crippen molar-refractivity contribution in [2.75, 3.05) is 24.5 Å². The molecule has 9 heteroatoms. The molecule has 1 unspecified atom stereocenters. The molecule has 0 bridgehead atoms. The molecule has 0 saturated heterocycles. The quantitative estimate of drug-likeness (QED) is 0.219. The second-order valence-electron chi connectivity index (χ2n) is 10.0. The van der Waals surface area contributed by atoms with Gasteiger partial charge in [-0.3, -0.25) is 13.9 Å². The number of carbonyl (C=O) groups is 2. The van der Waals surface area contributed by atoms with Gasteiger partial charge in [0.15, 0.2) is 0 Å². The van der Waals surface area contributed by atoms with Gasteiger partial charge in [0, 0.05) is 19.5 Å². The van der Waals surface area contributed by atoms with E-state index in [1.165, 1.54) is 17.0 Å². The van der Waals surface area contributed by atoms with E-state index in [2.05, 4.69) is 5.32 Å². The lowest BCUT2D eigenvalue weighted by Crippen LogP contribution is -2.53. The minimum Gasteiger partial charge on any atom is -0.497 e. The van der Waals surface area contributed by atoms with E-state index in [4.69, 9.17) is 4.74 Å². The molecule has 0 aliphatic heterocycles. The van der Waals surface area contributed by atoms with E-state index in [1.54, 1.807) is 67.8 Å². The number of ether oxygens (including phenoxy) is 1. The molecule has 1 atom stereocenters. The Balaban J connectivity index is 1.78. The average molecular weight is 600 g/mol. The van der Waals surface area contributed by atoms with Gasteiger partial charge >= 0.3 is 0 Å². The summed E-state index contributed by atoms with van der Waals surface area (Å²) in [5.41, 5.74) is 1.96. The first-order valence-corrected chi connectivity index (χ1v) is 15.6. The normalized spacial score (nSPS) is 11.8. The summed E-state index contributed by atoms with van der Waals surface area (Å²) in [6.07, 6.45) is 0.980. The van der Waals surface area contributed by atoms with E-state index in [-0.39, 0.29) is 23.8 Å². The summed E-state index contributed by atoms with van der Waals surface area (Å²) in [5.74, 6) is -0.213. The zero-order chi connectivity index (χ0) is 30.7. The number of carbonyl (C=O) groups excluding carboxylic acids is 2. The summed E-state index contributed by atoms with van der Waals surface area (Å²) >= 11 is 0. The molecule has 0 aliphatic rings. The maximum atomic E-state index is 14.4. The van der Waals surface area contributed by atoms with Gasteiger partial charge in [0.1, 0.15) is 18.3 Å². The highest BCUT2D eigenvalue weighted by atomic mass is 32.2. The third-order valence-electron chi connectivity index (χ3n) is 6.96. The molecular weight excluding hydrogens is 562 g/mol. The molecular formula is C34H37N3O5S. The van der Waals surface area contributed by atoms with Crippen LogP contribution in [0.2, 0.25) is 0 Å².